The Morgan fingerprint density at radius 3 is 1.22 bits per heavy atom. The zero-order valence-electron chi connectivity index (χ0n) is 17.4. The van der Waals surface area contributed by atoms with E-state index in [0.717, 1.165) is 11.1 Å². The lowest BCUT2D eigenvalue weighted by Crippen LogP contribution is -2.01. The summed E-state index contributed by atoms with van der Waals surface area (Å²) in [6.45, 7) is 0.359. The van der Waals surface area contributed by atoms with Gasteiger partial charge in [-0.25, -0.2) is 0 Å². The van der Waals surface area contributed by atoms with Crippen molar-refractivity contribution in [2.45, 2.75) is 19.8 Å². The van der Waals surface area contributed by atoms with Crippen LogP contribution in [0.4, 0.5) is 0 Å². The molecule has 0 radical (unpaired) electrons. The Balaban J connectivity index is 1.77. The number of aliphatic hydroxyl groups is 1. The van der Waals surface area contributed by atoms with Gasteiger partial charge in [-0.2, -0.15) is 0 Å². The van der Waals surface area contributed by atoms with E-state index in [-0.39, 0.29) is 19.8 Å². The Bertz CT molecular complexity index is 1140. The predicted molar refractivity (Wildman–Crippen MR) is 126 cm³/mol. The minimum Gasteiger partial charge on any atom is -0.489 e. The maximum Gasteiger partial charge on any atom is 0.123 e. The Morgan fingerprint density at radius 1 is 0.531 bits per heavy atom. The summed E-state index contributed by atoms with van der Waals surface area (Å²) >= 11 is 0. The van der Waals surface area contributed by atoms with Gasteiger partial charge in [0.05, 0.1) is 6.61 Å². The van der Waals surface area contributed by atoms with Crippen LogP contribution < -0.4 is 9.47 Å². The van der Waals surface area contributed by atoms with Gasteiger partial charge in [0.2, 0.25) is 0 Å². The molecule has 32 heavy (non-hydrogen) atoms. The van der Waals surface area contributed by atoms with Crippen molar-refractivity contribution in [3.05, 3.63) is 93.5 Å². The molecule has 3 heteroatoms. The van der Waals surface area contributed by atoms with Gasteiger partial charge in [-0.3, -0.25) is 0 Å². The summed E-state index contributed by atoms with van der Waals surface area (Å²) in [7, 11) is 0. The predicted octanol–water partition coefficient (Wildman–Crippen LogP) is 4.26. The highest BCUT2D eigenvalue weighted by Crippen LogP contribution is 2.25. The second-order valence-electron chi connectivity index (χ2n) is 6.96. The molecule has 0 atom stereocenters. The van der Waals surface area contributed by atoms with Gasteiger partial charge in [-0.05, 0) is 65.2 Å². The Kier molecular flexibility index (Phi) is 7.25. The molecule has 0 saturated heterocycles. The van der Waals surface area contributed by atoms with E-state index in [1.54, 1.807) is 30.3 Å². The van der Waals surface area contributed by atoms with E-state index in [4.69, 9.17) is 35.2 Å². The molecule has 0 aliphatic carbocycles. The van der Waals surface area contributed by atoms with Gasteiger partial charge in [0.25, 0.3) is 0 Å². The van der Waals surface area contributed by atoms with Gasteiger partial charge in [-0.1, -0.05) is 23.7 Å². The SMILES string of the molecule is C#Cc1cc(C#C)cc(COc2cc(CO)cc(OCc3cc(C#C)cc(C#C)c3)c2)c1. The molecule has 3 nitrogen and oxygen atoms in total. The second-order valence-corrected chi connectivity index (χ2v) is 6.96. The standard InChI is InChI=1S/C29H20O3/c1-5-21-9-22(6-2)12-26(11-21)19-31-28-15-25(18-30)16-29(17-28)32-20-27-13-23(7-3)10-24(8-4)14-27/h1-4,9-17,30H,18-20H2. The molecule has 1 N–H and O–H groups in total. The summed E-state index contributed by atoms with van der Waals surface area (Å²) in [4.78, 5) is 0. The van der Waals surface area contributed by atoms with Crippen molar-refractivity contribution in [2.75, 3.05) is 0 Å². The van der Waals surface area contributed by atoms with E-state index >= 15 is 0 Å². The molecule has 0 fully saturated rings. The topological polar surface area (TPSA) is 38.7 Å². The molecular weight excluding hydrogens is 396 g/mol. The monoisotopic (exact) mass is 416 g/mol. The maximum atomic E-state index is 9.63. The summed E-state index contributed by atoms with van der Waals surface area (Å²) in [5, 5.41) is 9.63. The fourth-order valence-electron chi connectivity index (χ4n) is 3.11. The average molecular weight is 416 g/mol. The molecule has 0 spiro atoms. The molecule has 0 amide bonds. The van der Waals surface area contributed by atoms with Crippen LogP contribution in [0.3, 0.4) is 0 Å². The molecular formula is C29H20O3. The van der Waals surface area contributed by atoms with Gasteiger partial charge in [0, 0.05) is 28.3 Å². The minimum absolute atomic E-state index is 0.158. The van der Waals surface area contributed by atoms with Crippen LogP contribution in [0.5, 0.6) is 11.5 Å². The molecule has 3 aromatic carbocycles. The Hall–Kier alpha value is -4.54. The van der Waals surface area contributed by atoms with Gasteiger partial charge in [0.1, 0.15) is 24.7 Å². The fourth-order valence-corrected chi connectivity index (χ4v) is 3.11. The van der Waals surface area contributed by atoms with Crippen LogP contribution in [-0.4, -0.2) is 5.11 Å². The van der Waals surface area contributed by atoms with Gasteiger partial charge in [0.15, 0.2) is 0 Å². The Morgan fingerprint density at radius 2 is 0.906 bits per heavy atom. The van der Waals surface area contributed by atoms with E-state index in [9.17, 15) is 5.11 Å². The van der Waals surface area contributed by atoms with Crippen molar-refractivity contribution < 1.29 is 14.6 Å². The van der Waals surface area contributed by atoms with Gasteiger partial charge >= 0.3 is 0 Å². The quantitative estimate of drug-likeness (QED) is 0.585. The molecule has 0 aliphatic rings. The van der Waals surface area contributed by atoms with Crippen molar-refractivity contribution in [1.82, 2.24) is 0 Å². The van der Waals surface area contributed by atoms with Crippen molar-refractivity contribution in [3.8, 4) is 60.9 Å². The van der Waals surface area contributed by atoms with Crippen molar-refractivity contribution in [1.29, 1.82) is 0 Å². The lowest BCUT2D eigenvalue weighted by atomic mass is 10.1. The van der Waals surface area contributed by atoms with Crippen LogP contribution in [0.15, 0.2) is 54.6 Å². The molecule has 0 bridgehead atoms. The third-order valence-electron chi connectivity index (χ3n) is 4.59. The Labute approximate surface area is 189 Å². The van der Waals surface area contributed by atoms with Gasteiger partial charge < -0.3 is 14.6 Å². The molecule has 0 unspecified atom stereocenters. The third-order valence-corrected chi connectivity index (χ3v) is 4.59. The van der Waals surface area contributed by atoms with Crippen LogP contribution in [0, 0.1) is 49.4 Å². The van der Waals surface area contributed by atoms with Crippen molar-refractivity contribution >= 4 is 0 Å². The molecule has 0 saturated carbocycles. The van der Waals surface area contributed by atoms with E-state index < -0.39 is 0 Å². The smallest absolute Gasteiger partial charge is 0.123 e. The average Bonchev–Trinajstić information content (AvgIpc) is 2.85. The first-order chi connectivity index (χ1) is 15.6. The lowest BCUT2D eigenvalue weighted by Gasteiger charge is -2.13. The first-order valence-corrected chi connectivity index (χ1v) is 9.71. The zero-order valence-corrected chi connectivity index (χ0v) is 17.4. The summed E-state index contributed by atoms with van der Waals surface area (Å²) in [5.74, 6) is 11.4. The van der Waals surface area contributed by atoms with Crippen LogP contribution in [0.25, 0.3) is 0 Å². The summed E-state index contributed by atoms with van der Waals surface area (Å²) < 4.78 is 11.8. The first kappa shape index (κ1) is 22.2. The van der Waals surface area contributed by atoms with Gasteiger partial charge in [-0.15, -0.1) is 25.7 Å². The van der Waals surface area contributed by atoms with Crippen molar-refractivity contribution in [2.24, 2.45) is 0 Å². The molecule has 3 aromatic rings. The van der Waals surface area contributed by atoms with Crippen LogP contribution in [-0.2, 0) is 19.8 Å². The zero-order chi connectivity index (χ0) is 22.9. The molecule has 3 rings (SSSR count). The highest BCUT2D eigenvalue weighted by molar-refractivity contribution is 5.46. The highest BCUT2D eigenvalue weighted by atomic mass is 16.5. The summed E-state index contributed by atoms with van der Waals surface area (Å²) in [5.41, 5.74) is 5.10. The molecule has 154 valence electrons. The third kappa shape index (κ3) is 5.75. The number of rotatable bonds is 7. The first-order valence-electron chi connectivity index (χ1n) is 9.71. The maximum absolute atomic E-state index is 9.63. The molecule has 0 heterocycles. The molecule has 0 aromatic heterocycles. The van der Waals surface area contributed by atoms with E-state index in [2.05, 4.69) is 23.7 Å². The summed E-state index contributed by atoms with van der Waals surface area (Å²) in [6, 6.07) is 16.1. The number of aliphatic hydroxyl groups excluding tert-OH is 1. The number of hydrogen-bond donors (Lipinski definition) is 1. The minimum atomic E-state index is -0.158. The number of benzene rings is 3. The summed E-state index contributed by atoms with van der Waals surface area (Å²) in [6.07, 6.45) is 22.0. The lowest BCUT2D eigenvalue weighted by molar-refractivity contribution is 0.271. The second kappa shape index (κ2) is 10.5. The van der Waals surface area contributed by atoms with E-state index in [0.29, 0.717) is 39.3 Å². The number of ether oxygens (including phenoxy) is 2. The highest BCUT2D eigenvalue weighted by Gasteiger charge is 2.07. The number of terminal acetylenes is 4. The molecule has 0 aliphatic heterocycles. The van der Waals surface area contributed by atoms with Crippen LogP contribution in [0.2, 0.25) is 0 Å². The van der Waals surface area contributed by atoms with E-state index in [1.165, 1.54) is 0 Å². The van der Waals surface area contributed by atoms with Crippen LogP contribution in [0.1, 0.15) is 38.9 Å². The fraction of sp³-hybridized carbons (Fsp3) is 0.103. The number of hydrogen-bond acceptors (Lipinski definition) is 3. The normalized spacial score (nSPS) is 9.66. The largest absolute Gasteiger partial charge is 0.489 e. The van der Waals surface area contributed by atoms with Crippen LogP contribution >= 0.6 is 0 Å². The van der Waals surface area contributed by atoms with Crippen molar-refractivity contribution in [3.63, 3.8) is 0 Å². The van der Waals surface area contributed by atoms with E-state index in [1.807, 2.05) is 24.3 Å².